The van der Waals surface area contributed by atoms with Gasteiger partial charge in [-0.15, -0.1) is 0 Å². The van der Waals surface area contributed by atoms with E-state index in [-0.39, 0.29) is 16.4 Å². The van der Waals surface area contributed by atoms with Gasteiger partial charge in [0.25, 0.3) is 11.6 Å². The van der Waals surface area contributed by atoms with Gasteiger partial charge in [0.05, 0.1) is 4.92 Å². The van der Waals surface area contributed by atoms with Crippen LogP contribution in [0.2, 0.25) is 0 Å². The molecule has 5 rings (SSSR count). The van der Waals surface area contributed by atoms with E-state index in [1.165, 1.54) is 11.6 Å². The molecule has 0 bridgehead atoms. The lowest BCUT2D eigenvalue weighted by Gasteiger charge is -2.28. The molecule has 39 heavy (non-hydrogen) atoms. The molecule has 9 nitrogen and oxygen atoms in total. The summed E-state index contributed by atoms with van der Waals surface area (Å²) in [6.45, 7) is 5.64. The lowest BCUT2D eigenvalue weighted by atomic mass is 10.1. The number of nitro groups is 1. The number of piperidine rings is 1. The van der Waals surface area contributed by atoms with Crippen LogP contribution in [0.5, 0.6) is 0 Å². The van der Waals surface area contributed by atoms with Crippen molar-refractivity contribution in [3.8, 4) is 0 Å². The number of aromatic nitrogens is 1. The van der Waals surface area contributed by atoms with Crippen LogP contribution in [0.4, 0.5) is 17.1 Å². The summed E-state index contributed by atoms with van der Waals surface area (Å²) < 4.78 is 5.91. The fourth-order valence-electron chi connectivity index (χ4n) is 4.73. The average Bonchev–Trinajstić information content (AvgIpc) is 3.30. The second kappa shape index (κ2) is 11.2. The molecule has 3 aromatic carbocycles. The Bertz CT molecular complexity index is 1520. The van der Waals surface area contributed by atoms with Crippen LogP contribution in [0, 0.1) is 24.0 Å². The SMILES string of the molecule is Cc1cc2nc(Cc3ccc(NC(=S)NC(=O)c4ccc(N5CCCCC5)c([N+](=O)[O-])c4)cc3)oc2cc1C. The Morgan fingerprint density at radius 3 is 2.49 bits per heavy atom. The molecular weight excluding hydrogens is 514 g/mol. The molecule has 1 aliphatic heterocycles. The first kappa shape index (κ1) is 26.3. The standard InChI is InChI=1S/C29H29N5O4S/c1-18-14-23-26(15-19(18)2)38-27(31-23)16-20-6-9-22(10-7-20)30-29(39)32-28(35)21-8-11-24(25(17-21)34(36)37)33-12-4-3-5-13-33/h6-11,14-15,17H,3-5,12-13,16H2,1-2H3,(H2,30,32,35,39). The Labute approximate surface area is 231 Å². The topological polar surface area (TPSA) is 114 Å². The number of oxazole rings is 1. The molecule has 1 aromatic heterocycles. The summed E-state index contributed by atoms with van der Waals surface area (Å²) in [4.78, 5) is 30.7. The molecule has 10 heteroatoms. The summed E-state index contributed by atoms with van der Waals surface area (Å²) >= 11 is 5.31. The number of anilines is 2. The third-order valence-corrected chi connectivity index (χ3v) is 7.18. The van der Waals surface area contributed by atoms with Crippen LogP contribution < -0.4 is 15.5 Å². The van der Waals surface area contributed by atoms with Crippen LogP contribution in [0.15, 0.2) is 59.0 Å². The number of thiocarbonyl (C=S) groups is 1. The molecule has 4 aromatic rings. The molecule has 1 fully saturated rings. The van der Waals surface area contributed by atoms with Crippen molar-refractivity contribution in [3.05, 3.63) is 92.9 Å². The van der Waals surface area contributed by atoms with E-state index in [9.17, 15) is 14.9 Å². The predicted molar refractivity (Wildman–Crippen MR) is 156 cm³/mol. The Balaban J connectivity index is 1.20. The second-order valence-corrected chi connectivity index (χ2v) is 10.2. The van der Waals surface area contributed by atoms with Gasteiger partial charge in [0.1, 0.15) is 11.2 Å². The highest BCUT2D eigenvalue weighted by molar-refractivity contribution is 7.80. The van der Waals surface area contributed by atoms with Gasteiger partial charge in [0.15, 0.2) is 16.6 Å². The maximum absolute atomic E-state index is 12.8. The fraction of sp³-hybridized carbons (Fsp3) is 0.276. The third kappa shape index (κ3) is 6.06. The second-order valence-electron chi connectivity index (χ2n) is 9.80. The monoisotopic (exact) mass is 543 g/mol. The molecule has 0 saturated carbocycles. The molecule has 0 unspecified atom stereocenters. The molecule has 1 aliphatic rings. The highest BCUT2D eigenvalue weighted by Crippen LogP contribution is 2.31. The number of aryl methyl sites for hydroxylation is 2. The van der Waals surface area contributed by atoms with Crippen molar-refractivity contribution in [3.63, 3.8) is 0 Å². The number of hydrogen-bond donors (Lipinski definition) is 2. The first-order valence-corrected chi connectivity index (χ1v) is 13.3. The number of hydrogen-bond acceptors (Lipinski definition) is 7. The summed E-state index contributed by atoms with van der Waals surface area (Å²) in [6.07, 6.45) is 3.66. The summed E-state index contributed by atoms with van der Waals surface area (Å²) in [5.41, 5.74) is 6.30. The molecule has 0 radical (unpaired) electrons. The smallest absolute Gasteiger partial charge is 0.293 e. The molecule has 2 N–H and O–H groups in total. The largest absolute Gasteiger partial charge is 0.440 e. The Morgan fingerprint density at radius 2 is 1.77 bits per heavy atom. The van der Waals surface area contributed by atoms with Crippen molar-refractivity contribution >= 4 is 51.4 Å². The molecule has 2 heterocycles. The minimum absolute atomic E-state index is 0.0803. The molecular formula is C29H29N5O4S. The van der Waals surface area contributed by atoms with Gasteiger partial charge in [-0.05, 0) is 98.4 Å². The summed E-state index contributed by atoms with van der Waals surface area (Å²) in [6, 6.07) is 16.1. The maximum Gasteiger partial charge on any atom is 0.293 e. The molecule has 0 atom stereocenters. The maximum atomic E-state index is 12.8. The number of carbonyl (C=O) groups excluding carboxylic acids is 1. The van der Waals surface area contributed by atoms with Gasteiger partial charge < -0.3 is 14.6 Å². The predicted octanol–water partition coefficient (Wildman–Crippen LogP) is 6.06. The van der Waals surface area contributed by atoms with E-state index >= 15 is 0 Å². The minimum Gasteiger partial charge on any atom is -0.440 e. The quantitative estimate of drug-likeness (QED) is 0.171. The van der Waals surface area contributed by atoms with Crippen LogP contribution in [0.25, 0.3) is 11.1 Å². The van der Waals surface area contributed by atoms with Crippen molar-refractivity contribution in [2.75, 3.05) is 23.3 Å². The minimum atomic E-state index is -0.515. The van der Waals surface area contributed by atoms with Crippen molar-refractivity contribution < 1.29 is 14.1 Å². The summed E-state index contributed by atoms with van der Waals surface area (Å²) in [7, 11) is 0. The van der Waals surface area contributed by atoms with Crippen LogP contribution in [0.1, 0.15) is 52.2 Å². The molecule has 1 saturated heterocycles. The number of fused-ring (bicyclic) bond motifs is 1. The van der Waals surface area contributed by atoms with E-state index in [0.29, 0.717) is 23.7 Å². The summed E-state index contributed by atoms with van der Waals surface area (Å²) in [5, 5.41) is 17.4. The summed E-state index contributed by atoms with van der Waals surface area (Å²) in [5.74, 6) is 0.123. The van der Waals surface area contributed by atoms with Gasteiger partial charge in [0, 0.05) is 36.8 Å². The highest BCUT2D eigenvalue weighted by atomic mass is 32.1. The van der Waals surface area contributed by atoms with E-state index < -0.39 is 10.8 Å². The van der Waals surface area contributed by atoms with Gasteiger partial charge in [-0.25, -0.2) is 4.98 Å². The van der Waals surface area contributed by atoms with E-state index in [1.54, 1.807) is 12.1 Å². The number of nitrogens with one attached hydrogen (secondary N) is 2. The number of benzene rings is 3. The van der Waals surface area contributed by atoms with Crippen molar-refractivity contribution in [1.82, 2.24) is 10.3 Å². The number of nitro benzene ring substituents is 1. The Hall–Kier alpha value is -4.31. The number of carbonyl (C=O) groups is 1. The third-order valence-electron chi connectivity index (χ3n) is 6.97. The number of rotatable bonds is 6. The zero-order chi connectivity index (χ0) is 27.5. The van der Waals surface area contributed by atoms with Gasteiger partial charge in [-0.1, -0.05) is 12.1 Å². The molecule has 0 spiro atoms. The zero-order valence-electron chi connectivity index (χ0n) is 21.8. The van der Waals surface area contributed by atoms with Crippen molar-refractivity contribution in [2.24, 2.45) is 0 Å². The van der Waals surface area contributed by atoms with Gasteiger partial charge in [0.2, 0.25) is 0 Å². The van der Waals surface area contributed by atoms with Gasteiger partial charge in [-0.2, -0.15) is 0 Å². The Kier molecular flexibility index (Phi) is 7.56. The first-order valence-electron chi connectivity index (χ1n) is 12.9. The number of amides is 1. The zero-order valence-corrected chi connectivity index (χ0v) is 22.6. The van der Waals surface area contributed by atoms with E-state index in [2.05, 4.69) is 22.5 Å². The molecule has 200 valence electrons. The molecule has 0 aliphatic carbocycles. The van der Waals surface area contributed by atoms with E-state index in [0.717, 1.165) is 54.6 Å². The normalized spacial score (nSPS) is 13.3. The van der Waals surface area contributed by atoms with Crippen LogP contribution in [0.3, 0.4) is 0 Å². The van der Waals surface area contributed by atoms with E-state index in [4.69, 9.17) is 16.6 Å². The Morgan fingerprint density at radius 1 is 1.05 bits per heavy atom. The lowest BCUT2D eigenvalue weighted by Crippen LogP contribution is -2.34. The van der Waals surface area contributed by atoms with Crippen LogP contribution in [-0.4, -0.2) is 34.0 Å². The fourth-order valence-corrected chi connectivity index (χ4v) is 4.95. The lowest BCUT2D eigenvalue weighted by molar-refractivity contribution is -0.384. The van der Waals surface area contributed by atoms with Crippen LogP contribution in [-0.2, 0) is 6.42 Å². The van der Waals surface area contributed by atoms with Crippen LogP contribution >= 0.6 is 12.2 Å². The number of nitrogens with zero attached hydrogens (tertiary/aromatic N) is 3. The van der Waals surface area contributed by atoms with Gasteiger partial charge >= 0.3 is 0 Å². The van der Waals surface area contributed by atoms with Crippen molar-refractivity contribution in [1.29, 1.82) is 0 Å². The van der Waals surface area contributed by atoms with Crippen molar-refractivity contribution in [2.45, 2.75) is 39.5 Å². The highest BCUT2D eigenvalue weighted by Gasteiger charge is 2.23. The van der Waals surface area contributed by atoms with E-state index in [1.807, 2.05) is 48.2 Å². The first-order chi connectivity index (χ1) is 18.8. The average molecular weight is 544 g/mol. The molecule has 1 amide bonds. The van der Waals surface area contributed by atoms with Gasteiger partial charge in [-0.3, -0.25) is 20.2 Å².